The van der Waals surface area contributed by atoms with E-state index >= 15 is 0 Å². The molecule has 0 bridgehead atoms. The van der Waals surface area contributed by atoms with E-state index in [0.29, 0.717) is 6.54 Å². The smallest absolute Gasteiger partial charge is 0.319 e. The zero-order valence-corrected chi connectivity index (χ0v) is 10.8. The molecule has 5 heteroatoms. The fourth-order valence-corrected chi connectivity index (χ4v) is 1.66. The zero-order chi connectivity index (χ0) is 13.5. The van der Waals surface area contributed by atoms with Crippen molar-refractivity contribution >= 4 is 11.7 Å². The topological polar surface area (TPSA) is 67.2 Å². The molecule has 19 heavy (non-hydrogen) atoms. The van der Waals surface area contributed by atoms with Crippen molar-refractivity contribution in [2.45, 2.75) is 19.8 Å². The van der Waals surface area contributed by atoms with E-state index in [0.717, 1.165) is 24.1 Å². The molecular formula is C14H17N3O2. The van der Waals surface area contributed by atoms with Crippen molar-refractivity contribution in [2.75, 3.05) is 11.9 Å². The van der Waals surface area contributed by atoms with Crippen LogP contribution >= 0.6 is 0 Å². The number of carbonyl (C=O) groups is 1. The molecule has 100 valence electrons. The fourth-order valence-electron chi connectivity index (χ4n) is 1.66. The molecule has 0 unspecified atom stereocenters. The van der Waals surface area contributed by atoms with Gasteiger partial charge in [-0.3, -0.25) is 0 Å². The molecule has 0 aliphatic carbocycles. The third kappa shape index (κ3) is 4.46. The third-order valence-electron chi connectivity index (χ3n) is 2.72. The second-order valence-corrected chi connectivity index (χ2v) is 4.38. The van der Waals surface area contributed by atoms with Gasteiger partial charge in [0.1, 0.15) is 6.26 Å². The third-order valence-corrected chi connectivity index (χ3v) is 2.72. The lowest BCUT2D eigenvalue weighted by Gasteiger charge is -2.07. The SMILES string of the molecule is Cc1ccc(NC(=O)NCCCc2cnoc2)cc1. The molecule has 1 aromatic carbocycles. The number of anilines is 1. The quantitative estimate of drug-likeness (QED) is 0.811. The van der Waals surface area contributed by atoms with Crippen molar-refractivity contribution in [3.8, 4) is 0 Å². The van der Waals surface area contributed by atoms with Crippen molar-refractivity contribution in [1.82, 2.24) is 10.5 Å². The predicted molar refractivity (Wildman–Crippen MR) is 73.0 cm³/mol. The lowest BCUT2D eigenvalue weighted by Crippen LogP contribution is -2.29. The van der Waals surface area contributed by atoms with Gasteiger partial charge in [-0.15, -0.1) is 0 Å². The summed E-state index contributed by atoms with van der Waals surface area (Å²) in [6.45, 7) is 2.62. The van der Waals surface area contributed by atoms with E-state index in [1.54, 1.807) is 12.5 Å². The molecule has 0 saturated heterocycles. The predicted octanol–water partition coefficient (Wildman–Crippen LogP) is 2.74. The number of urea groups is 1. The Morgan fingerprint density at radius 1 is 1.32 bits per heavy atom. The molecule has 0 aliphatic rings. The highest BCUT2D eigenvalue weighted by Gasteiger charge is 2.01. The molecule has 0 radical (unpaired) electrons. The summed E-state index contributed by atoms with van der Waals surface area (Å²) >= 11 is 0. The minimum atomic E-state index is -0.186. The van der Waals surface area contributed by atoms with Gasteiger partial charge < -0.3 is 15.2 Å². The molecule has 0 saturated carbocycles. The Morgan fingerprint density at radius 3 is 2.79 bits per heavy atom. The van der Waals surface area contributed by atoms with Gasteiger partial charge in [0.2, 0.25) is 0 Å². The standard InChI is InChI=1S/C14H17N3O2/c1-11-4-6-13(7-5-11)17-14(18)15-8-2-3-12-9-16-19-10-12/h4-7,9-10H,2-3,8H2,1H3,(H2,15,17,18). The van der Waals surface area contributed by atoms with E-state index < -0.39 is 0 Å². The number of nitrogens with zero attached hydrogens (tertiary/aromatic N) is 1. The van der Waals surface area contributed by atoms with Gasteiger partial charge in [0, 0.05) is 17.8 Å². The molecule has 1 aromatic heterocycles. The van der Waals surface area contributed by atoms with Crippen molar-refractivity contribution in [2.24, 2.45) is 0 Å². The second kappa shape index (κ2) is 6.58. The van der Waals surface area contributed by atoms with Crippen LogP contribution in [-0.4, -0.2) is 17.7 Å². The number of carbonyl (C=O) groups excluding carboxylic acids is 1. The lowest BCUT2D eigenvalue weighted by atomic mass is 10.2. The summed E-state index contributed by atoms with van der Waals surface area (Å²) in [7, 11) is 0. The summed E-state index contributed by atoms with van der Waals surface area (Å²) in [5, 5.41) is 9.21. The maximum absolute atomic E-state index is 11.6. The van der Waals surface area contributed by atoms with Gasteiger partial charge in [0.05, 0.1) is 6.20 Å². The van der Waals surface area contributed by atoms with Crippen LogP contribution in [0.3, 0.4) is 0 Å². The molecule has 2 aromatic rings. The highest BCUT2D eigenvalue weighted by atomic mass is 16.5. The van der Waals surface area contributed by atoms with Gasteiger partial charge in [-0.05, 0) is 31.9 Å². The normalized spacial score (nSPS) is 10.2. The molecule has 2 rings (SSSR count). The minimum absolute atomic E-state index is 0.186. The van der Waals surface area contributed by atoms with Crippen LogP contribution in [0, 0.1) is 6.92 Å². The maximum Gasteiger partial charge on any atom is 0.319 e. The molecule has 1 heterocycles. The number of benzene rings is 1. The average Bonchev–Trinajstić information content (AvgIpc) is 2.91. The van der Waals surface area contributed by atoms with E-state index in [2.05, 4.69) is 15.8 Å². The molecular weight excluding hydrogens is 242 g/mol. The highest BCUT2D eigenvalue weighted by Crippen LogP contribution is 2.08. The summed E-state index contributed by atoms with van der Waals surface area (Å²) in [5.41, 5.74) is 3.00. The first-order chi connectivity index (χ1) is 9.24. The summed E-state index contributed by atoms with van der Waals surface area (Å²) in [6.07, 6.45) is 5.00. The van der Waals surface area contributed by atoms with Crippen LogP contribution < -0.4 is 10.6 Å². The van der Waals surface area contributed by atoms with E-state index in [4.69, 9.17) is 4.52 Å². The molecule has 5 nitrogen and oxygen atoms in total. The van der Waals surface area contributed by atoms with Crippen LogP contribution in [-0.2, 0) is 6.42 Å². The molecule has 0 spiro atoms. The van der Waals surface area contributed by atoms with Crippen LogP contribution in [0.15, 0.2) is 41.2 Å². The molecule has 2 amide bonds. The summed E-state index contributed by atoms with van der Waals surface area (Å²) in [6, 6.07) is 7.50. The molecule has 0 aliphatic heterocycles. The largest absolute Gasteiger partial charge is 0.364 e. The van der Waals surface area contributed by atoms with Crippen LogP contribution in [0.2, 0.25) is 0 Å². The summed E-state index contributed by atoms with van der Waals surface area (Å²) < 4.78 is 4.73. The first kappa shape index (κ1) is 13.1. The number of aromatic nitrogens is 1. The zero-order valence-electron chi connectivity index (χ0n) is 10.8. The first-order valence-electron chi connectivity index (χ1n) is 6.24. The Bertz CT molecular complexity index is 506. The fraction of sp³-hybridized carbons (Fsp3) is 0.286. The van der Waals surface area contributed by atoms with Gasteiger partial charge in [0.25, 0.3) is 0 Å². The van der Waals surface area contributed by atoms with E-state index in [9.17, 15) is 4.79 Å². The van der Waals surface area contributed by atoms with Gasteiger partial charge in [-0.1, -0.05) is 22.9 Å². The van der Waals surface area contributed by atoms with Crippen molar-refractivity contribution in [1.29, 1.82) is 0 Å². The maximum atomic E-state index is 11.6. The second-order valence-electron chi connectivity index (χ2n) is 4.38. The van der Waals surface area contributed by atoms with E-state index in [1.807, 2.05) is 31.2 Å². The van der Waals surface area contributed by atoms with Gasteiger partial charge in [-0.2, -0.15) is 0 Å². The number of hydrogen-bond acceptors (Lipinski definition) is 3. The number of rotatable bonds is 5. The van der Waals surface area contributed by atoms with Crippen molar-refractivity contribution in [3.05, 3.63) is 47.9 Å². The highest BCUT2D eigenvalue weighted by molar-refractivity contribution is 5.89. The summed E-state index contributed by atoms with van der Waals surface area (Å²) in [5.74, 6) is 0. The van der Waals surface area contributed by atoms with Gasteiger partial charge in [-0.25, -0.2) is 4.79 Å². The van der Waals surface area contributed by atoms with Gasteiger partial charge in [0.15, 0.2) is 0 Å². The monoisotopic (exact) mass is 259 g/mol. The number of aryl methyl sites for hydroxylation is 2. The van der Waals surface area contributed by atoms with Crippen LogP contribution in [0.4, 0.5) is 10.5 Å². The number of amides is 2. The molecule has 0 atom stereocenters. The Kier molecular flexibility index (Phi) is 4.55. The minimum Gasteiger partial charge on any atom is -0.364 e. The van der Waals surface area contributed by atoms with Crippen LogP contribution in [0.1, 0.15) is 17.5 Å². The average molecular weight is 259 g/mol. The Labute approximate surface area is 112 Å². The molecule has 0 fully saturated rings. The Hall–Kier alpha value is -2.30. The van der Waals surface area contributed by atoms with Crippen molar-refractivity contribution < 1.29 is 9.32 Å². The summed E-state index contributed by atoms with van der Waals surface area (Å²) in [4.78, 5) is 11.6. The van der Waals surface area contributed by atoms with Crippen LogP contribution in [0.25, 0.3) is 0 Å². The van der Waals surface area contributed by atoms with Crippen LogP contribution in [0.5, 0.6) is 0 Å². The van der Waals surface area contributed by atoms with E-state index in [1.165, 1.54) is 5.56 Å². The van der Waals surface area contributed by atoms with Crippen molar-refractivity contribution in [3.63, 3.8) is 0 Å². The number of nitrogens with one attached hydrogen (secondary N) is 2. The Balaban J connectivity index is 1.65. The van der Waals surface area contributed by atoms with Gasteiger partial charge >= 0.3 is 6.03 Å². The van der Waals surface area contributed by atoms with E-state index in [-0.39, 0.29) is 6.03 Å². The lowest BCUT2D eigenvalue weighted by molar-refractivity contribution is 0.252. The Morgan fingerprint density at radius 2 is 2.11 bits per heavy atom. The number of hydrogen-bond donors (Lipinski definition) is 2. The molecule has 2 N–H and O–H groups in total. The first-order valence-corrected chi connectivity index (χ1v) is 6.24.